The number of benzene rings is 2. The summed E-state index contributed by atoms with van der Waals surface area (Å²) >= 11 is 0. The van der Waals surface area contributed by atoms with Gasteiger partial charge < -0.3 is 5.73 Å². The first-order chi connectivity index (χ1) is 13.1. The molecule has 0 bridgehead atoms. The Balaban J connectivity index is 1.89. The molecule has 2 atom stereocenters. The summed E-state index contributed by atoms with van der Waals surface area (Å²) in [5, 5.41) is 7.50. The first-order valence-electron chi connectivity index (χ1n) is 9.27. The van der Waals surface area contributed by atoms with Crippen molar-refractivity contribution in [2.24, 2.45) is 5.73 Å². The first kappa shape index (κ1) is 17.5. The number of aromatic amines is 1. The molecule has 0 fully saturated rings. The standard InChI is InChI=1S/C22H24N4O/c1-14-19(15(2)25-24-14)20(17-9-4-3-5-10-17)26-13-12-16-8-6-7-11-18(16)21(26)22(23)27/h3-11,20-21H,12-13H2,1-2H3,(H2,23,27)(H,24,25). The predicted octanol–water partition coefficient (Wildman–Crippen LogP) is 3.20. The molecular formula is C22H24N4O. The fraction of sp³-hybridized carbons (Fsp3) is 0.273. The molecule has 27 heavy (non-hydrogen) atoms. The monoisotopic (exact) mass is 360 g/mol. The molecule has 2 heterocycles. The lowest BCUT2D eigenvalue weighted by molar-refractivity contribution is -0.124. The number of aromatic nitrogens is 2. The van der Waals surface area contributed by atoms with Gasteiger partial charge >= 0.3 is 0 Å². The fourth-order valence-electron chi connectivity index (χ4n) is 4.30. The quantitative estimate of drug-likeness (QED) is 0.750. The van der Waals surface area contributed by atoms with Gasteiger partial charge in [-0.15, -0.1) is 0 Å². The van der Waals surface area contributed by atoms with Gasteiger partial charge in [0.05, 0.1) is 11.7 Å². The Labute approximate surface area is 159 Å². The summed E-state index contributed by atoms with van der Waals surface area (Å²) in [6.07, 6.45) is 0.888. The van der Waals surface area contributed by atoms with E-state index in [9.17, 15) is 4.79 Å². The molecule has 1 amide bonds. The second-order valence-corrected chi connectivity index (χ2v) is 7.15. The number of nitrogens with zero attached hydrogens (tertiary/aromatic N) is 2. The van der Waals surface area contributed by atoms with Crippen molar-refractivity contribution in [2.45, 2.75) is 32.4 Å². The lowest BCUT2D eigenvalue weighted by atomic mass is 9.87. The SMILES string of the molecule is Cc1n[nH]c(C)c1C(c1ccccc1)N1CCc2ccccc2C1C(N)=O. The van der Waals surface area contributed by atoms with E-state index >= 15 is 0 Å². The summed E-state index contributed by atoms with van der Waals surface area (Å²) in [5.41, 5.74) is 12.3. The normalized spacial score (nSPS) is 18.1. The van der Waals surface area contributed by atoms with Gasteiger partial charge in [0.1, 0.15) is 6.04 Å². The summed E-state index contributed by atoms with van der Waals surface area (Å²) in [6.45, 7) is 4.79. The maximum atomic E-state index is 12.6. The minimum Gasteiger partial charge on any atom is -0.368 e. The van der Waals surface area contributed by atoms with Crippen molar-refractivity contribution < 1.29 is 4.79 Å². The number of carbonyl (C=O) groups is 1. The maximum absolute atomic E-state index is 12.6. The van der Waals surface area contributed by atoms with Gasteiger partial charge in [-0.05, 0) is 37.0 Å². The Morgan fingerprint density at radius 2 is 1.85 bits per heavy atom. The lowest BCUT2D eigenvalue weighted by Crippen LogP contribution is -2.45. The molecule has 4 rings (SSSR count). The highest BCUT2D eigenvalue weighted by molar-refractivity contribution is 5.82. The largest absolute Gasteiger partial charge is 0.368 e. The van der Waals surface area contributed by atoms with Crippen LogP contribution in [-0.4, -0.2) is 27.5 Å². The van der Waals surface area contributed by atoms with Gasteiger partial charge in [0.25, 0.3) is 0 Å². The van der Waals surface area contributed by atoms with E-state index in [1.165, 1.54) is 5.56 Å². The van der Waals surface area contributed by atoms with Crippen molar-refractivity contribution in [3.63, 3.8) is 0 Å². The van der Waals surface area contributed by atoms with Gasteiger partial charge in [-0.3, -0.25) is 14.8 Å². The molecule has 0 saturated carbocycles. The zero-order chi connectivity index (χ0) is 19.0. The van der Waals surface area contributed by atoms with Crippen LogP contribution in [-0.2, 0) is 11.2 Å². The van der Waals surface area contributed by atoms with Gasteiger partial charge in [0.15, 0.2) is 0 Å². The van der Waals surface area contributed by atoms with Crippen molar-refractivity contribution in [2.75, 3.05) is 6.54 Å². The van der Waals surface area contributed by atoms with Gasteiger partial charge in [0, 0.05) is 17.8 Å². The highest BCUT2D eigenvalue weighted by atomic mass is 16.1. The van der Waals surface area contributed by atoms with Crippen LogP contribution < -0.4 is 5.73 Å². The van der Waals surface area contributed by atoms with Gasteiger partial charge in [-0.25, -0.2) is 0 Å². The molecule has 1 aliphatic rings. The third kappa shape index (κ3) is 3.04. The average molecular weight is 360 g/mol. The third-order valence-electron chi connectivity index (χ3n) is 5.50. The zero-order valence-electron chi connectivity index (χ0n) is 15.6. The second kappa shape index (κ2) is 7.00. The van der Waals surface area contributed by atoms with E-state index in [0.717, 1.165) is 41.0 Å². The number of hydrogen-bond acceptors (Lipinski definition) is 3. The van der Waals surface area contributed by atoms with Crippen LogP contribution in [0.25, 0.3) is 0 Å². The Hall–Kier alpha value is -2.92. The Bertz CT molecular complexity index is 944. The maximum Gasteiger partial charge on any atom is 0.239 e. The number of amides is 1. The van der Waals surface area contributed by atoms with Crippen molar-refractivity contribution >= 4 is 5.91 Å². The van der Waals surface area contributed by atoms with Crippen molar-refractivity contribution in [3.8, 4) is 0 Å². The van der Waals surface area contributed by atoms with Crippen LogP contribution in [0.15, 0.2) is 54.6 Å². The van der Waals surface area contributed by atoms with Crippen LogP contribution in [0.5, 0.6) is 0 Å². The fourth-order valence-corrected chi connectivity index (χ4v) is 4.30. The Morgan fingerprint density at radius 1 is 1.15 bits per heavy atom. The summed E-state index contributed by atoms with van der Waals surface area (Å²) in [4.78, 5) is 14.8. The molecule has 1 aliphatic heterocycles. The van der Waals surface area contributed by atoms with Crippen LogP contribution in [0.1, 0.15) is 45.7 Å². The number of fused-ring (bicyclic) bond motifs is 1. The minimum atomic E-state index is -0.464. The van der Waals surface area contributed by atoms with E-state index in [0.29, 0.717) is 0 Å². The van der Waals surface area contributed by atoms with E-state index < -0.39 is 6.04 Å². The zero-order valence-corrected chi connectivity index (χ0v) is 15.6. The molecule has 1 aromatic heterocycles. The summed E-state index contributed by atoms with van der Waals surface area (Å²) < 4.78 is 0. The summed E-state index contributed by atoms with van der Waals surface area (Å²) in [7, 11) is 0. The number of nitrogens with two attached hydrogens (primary N) is 1. The molecule has 0 saturated heterocycles. The molecule has 0 spiro atoms. The molecule has 2 unspecified atom stereocenters. The molecule has 5 heteroatoms. The third-order valence-corrected chi connectivity index (χ3v) is 5.50. The smallest absolute Gasteiger partial charge is 0.239 e. The number of nitrogens with one attached hydrogen (secondary N) is 1. The van der Waals surface area contributed by atoms with Crippen molar-refractivity contribution in [1.82, 2.24) is 15.1 Å². The molecule has 3 aromatic rings. The lowest BCUT2D eigenvalue weighted by Gasteiger charge is -2.41. The van der Waals surface area contributed by atoms with Gasteiger partial charge in [-0.1, -0.05) is 54.6 Å². The Kier molecular flexibility index (Phi) is 4.54. The van der Waals surface area contributed by atoms with Crippen molar-refractivity contribution in [1.29, 1.82) is 0 Å². The molecular weight excluding hydrogens is 336 g/mol. The number of primary amides is 1. The molecule has 0 radical (unpaired) electrons. The number of rotatable bonds is 4. The number of carbonyl (C=O) groups excluding carboxylic acids is 1. The molecule has 138 valence electrons. The molecule has 2 aromatic carbocycles. The topological polar surface area (TPSA) is 75.0 Å². The molecule has 5 nitrogen and oxygen atoms in total. The van der Waals surface area contributed by atoms with Gasteiger partial charge in [-0.2, -0.15) is 5.10 Å². The highest BCUT2D eigenvalue weighted by Gasteiger charge is 2.38. The highest BCUT2D eigenvalue weighted by Crippen LogP contribution is 2.40. The van der Waals surface area contributed by atoms with Gasteiger partial charge in [0.2, 0.25) is 5.91 Å². The average Bonchev–Trinajstić information content (AvgIpc) is 3.01. The van der Waals surface area contributed by atoms with Crippen LogP contribution in [0.2, 0.25) is 0 Å². The van der Waals surface area contributed by atoms with Crippen LogP contribution >= 0.6 is 0 Å². The van der Waals surface area contributed by atoms with E-state index in [1.807, 2.05) is 50.2 Å². The molecule has 0 aliphatic carbocycles. The second-order valence-electron chi connectivity index (χ2n) is 7.15. The van der Waals surface area contributed by atoms with Crippen LogP contribution in [0, 0.1) is 13.8 Å². The number of aryl methyl sites for hydroxylation is 2. The van der Waals surface area contributed by atoms with E-state index in [2.05, 4.69) is 33.3 Å². The van der Waals surface area contributed by atoms with E-state index in [-0.39, 0.29) is 11.9 Å². The number of hydrogen-bond donors (Lipinski definition) is 2. The number of H-pyrrole nitrogens is 1. The van der Waals surface area contributed by atoms with Crippen molar-refractivity contribution in [3.05, 3.63) is 88.2 Å². The first-order valence-corrected chi connectivity index (χ1v) is 9.27. The van der Waals surface area contributed by atoms with E-state index in [4.69, 9.17) is 5.73 Å². The minimum absolute atomic E-state index is 0.0872. The molecule has 3 N–H and O–H groups in total. The summed E-state index contributed by atoms with van der Waals surface area (Å²) in [6, 6.07) is 17.8. The summed E-state index contributed by atoms with van der Waals surface area (Å²) in [5.74, 6) is -0.318. The van der Waals surface area contributed by atoms with Crippen LogP contribution in [0.3, 0.4) is 0 Å². The van der Waals surface area contributed by atoms with Crippen LogP contribution in [0.4, 0.5) is 0 Å². The van der Waals surface area contributed by atoms with E-state index in [1.54, 1.807) is 0 Å². The predicted molar refractivity (Wildman–Crippen MR) is 105 cm³/mol. The Morgan fingerprint density at radius 3 is 2.52 bits per heavy atom.